The molecule has 0 atom stereocenters. The van der Waals surface area contributed by atoms with Crippen LogP contribution in [-0.2, 0) is 7.05 Å². The Morgan fingerprint density at radius 2 is 2.00 bits per heavy atom. The number of halogens is 1. The minimum Gasteiger partial charge on any atom is -0.397 e. The van der Waals surface area contributed by atoms with E-state index in [-0.39, 0.29) is 0 Å². The monoisotopic (exact) mass is 271 g/mol. The zero-order valence-electron chi connectivity index (χ0n) is 10.8. The van der Waals surface area contributed by atoms with Crippen LogP contribution in [0.15, 0.2) is 36.5 Å². The molecular formula is C15H14ClN3. The molecule has 2 N–H and O–H groups in total. The molecule has 0 saturated heterocycles. The van der Waals surface area contributed by atoms with Gasteiger partial charge in [-0.25, -0.2) is 0 Å². The Kier molecular flexibility index (Phi) is 2.72. The molecule has 2 heterocycles. The largest absolute Gasteiger partial charge is 0.397 e. The summed E-state index contributed by atoms with van der Waals surface area (Å²) >= 11 is 6.30. The zero-order valence-corrected chi connectivity index (χ0v) is 11.6. The molecule has 19 heavy (non-hydrogen) atoms. The lowest BCUT2D eigenvalue weighted by Gasteiger charge is -2.02. The minimum absolute atomic E-state index is 0.666. The molecule has 0 aliphatic heterocycles. The lowest BCUT2D eigenvalue weighted by molar-refractivity contribution is 0.919. The summed E-state index contributed by atoms with van der Waals surface area (Å²) < 4.78 is 2.10. The molecule has 0 radical (unpaired) electrons. The Hall–Kier alpha value is -2.00. The van der Waals surface area contributed by atoms with Gasteiger partial charge in [-0.1, -0.05) is 23.7 Å². The van der Waals surface area contributed by atoms with Crippen LogP contribution in [0.5, 0.6) is 0 Å². The van der Waals surface area contributed by atoms with Crippen LogP contribution in [-0.4, -0.2) is 9.55 Å². The number of nitrogen functional groups attached to an aromatic ring is 1. The van der Waals surface area contributed by atoms with Crippen LogP contribution in [0.25, 0.3) is 22.2 Å². The fourth-order valence-electron chi connectivity index (χ4n) is 2.46. The molecule has 2 aromatic heterocycles. The summed E-state index contributed by atoms with van der Waals surface area (Å²) in [6.45, 7) is 2.07. The molecule has 0 aliphatic carbocycles. The number of rotatable bonds is 1. The van der Waals surface area contributed by atoms with Gasteiger partial charge in [-0.15, -0.1) is 0 Å². The molecule has 0 amide bonds. The number of aryl methyl sites for hydroxylation is 1. The summed E-state index contributed by atoms with van der Waals surface area (Å²) in [7, 11) is 2.02. The number of pyridine rings is 1. The summed E-state index contributed by atoms with van der Waals surface area (Å²) in [6.07, 6.45) is 1.68. The Morgan fingerprint density at radius 1 is 1.21 bits per heavy atom. The summed E-state index contributed by atoms with van der Waals surface area (Å²) in [5.74, 6) is 0. The molecular weight excluding hydrogens is 258 g/mol. The number of fused-ring (bicyclic) bond motifs is 1. The van der Waals surface area contributed by atoms with Crippen LogP contribution < -0.4 is 5.73 Å². The second kappa shape index (κ2) is 4.28. The van der Waals surface area contributed by atoms with Crippen LogP contribution in [0.2, 0.25) is 5.02 Å². The molecule has 0 unspecified atom stereocenters. The van der Waals surface area contributed by atoms with Gasteiger partial charge in [0.25, 0.3) is 0 Å². The van der Waals surface area contributed by atoms with E-state index in [2.05, 4.69) is 22.5 Å². The first-order valence-electron chi connectivity index (χ1n) is 6.05. The van der Waals surface area contributed by atoms with E-state index in [4.69, 9.17) is 17.3 Å². The number of hydrogen-bond donors (Lipinski definition) is 1. The standard InChI is InChI=1S/C15H14ClN3/c1-9-14(13-7-6-10(17)8-18-13)11-4-3-5-12(16)15(11)19(9)2/h3-8H,17H2,1-2H3. The highest BCUT2D eigenvalue weighted by Gasteiger charge is 2.16. The number of nitrogens with two attached hydrogens (primary N) is 1. The van der Waals surface area contributed by atoms with Crippen LogP contribution in [0.1, 0.15) is 5.69 Å². The predicted octanol–water partition coefficient (Wildman–Crippen LogP) is 3.78. The van der Waals surface area contributed by atoms with Crippen LogP contribution in [0.4, 0.5) is 5.69 Å². The van der Waals surface area contributed by atoms with Crippen molar-refractivity contribution in [2.24, 2.45) is 7.05 Å². The van der Waals surface area contributed by atoms with Gasteiger partial charge in [0.2, 0.25) is 0 Å². The number of aromatic nitrogens is 2. The summed E-state index contributed by atoms with van der Waals surface area (Å²) in [6, 6.07) is 9.75. The molecule has 0 spiro atoms. The van der Waals surface area contributed by atoms with Crippen LogP contribution in [0.3, 0.4) is 0 Å². The molecule has 1 aromatic carbocycles. The summed E-state index contributed by atoms with van der Waals surface area (Å²) in [4.78, 5) is 4.42. The smallest absolute Gasteiger partial charge is 0.0727 e. The van der Waals surface area contributed by atoms with Gasteiger partial charge in [0.15, 0.2) is 0 Å². The second-order valence-corrected chi connectivity index (χ2v) is 5.04. The van der Waals surface area contributed by atoms with Gasteiger partial charge in [-0.2, -0.15) is 0 Å². The number of hydrogen-bond acceptors (Lipinski definition) is 2. The second-order valence-electron chi connectivity index (χ2n) is 4.63. The number of para-hydroxylation sites is 1. The van der Waals surface area contributed by atoms with Gasteiger partial charge in [0.1, 0.15) is 0 Å². The van der Waals surface area contributed by atoms with E-state index in [1.165, 1.54) is 0 Å². The molecule has 0 bridgehead atoms. The molecule has 4 heteroatoms. The third kappa shape index (κ3) is 1.78. The van der Waals surface area contributed by atoms with E-state index in [0.717, 1.165) is 32.9 Å². The zero-order chi connectivity index (χ0) is 13.6. The summed E-state index contributed by atoms with van der Waals surface area (Å²) in [5, 5.41) is 1.87. The number of nitrogens with zero attached hydrogens (tertiary/aromatic N) is 2. The highest BCUT2D eigenvalue weighted by Crippen LogP contribution is 2.36. The maximum absolute atomic E-state index is 6.30. The van der Waals surface area contributed by atoms with E-state index in [1.807, 2.05) is 31.3 Å². The van der Waals surface area contributed by atoms with Crippen molar-refractivity contribution in [3.05, 3.63) is 47.2 Å². The quantitative estimate of drug-likeness (QED) is 0.732. The maximum Gasteiger partial charge on any atom is 0.0727 e. The van der Waals surface area contributed by atoms with Crippen LogP contribution >= 0.6 is 11.6 Å². The molecule has 3 aromatic rings. The lowest BCUT2D eigenvalue weighted by atomic mass is 10.1. The fourth-order valence-corrected chi connectivity index (χ4v) is 2.77. The van der Waals surface area contributed by atoms with Crippen molar-refractivity contribution < 1.29 is 0 Å². The molecule has 0 aliphatic rings. The Labute approximate surface area is 116 Å². The van der Waals surface area contributed by atoms with Gasteiger partial charge >= 0.3 is 0 Å². The highest BCUT2D eigenvalue weighted by atomic mass is 35.5. The van der Waals surface area contributed by atoms with Gasteiger partial charge < -0.3 is 10.3 Å². The SMILES string of the molecule is Cc1c(-c2ccc(N)cn2)c2cccc(Cl)c2n1C. The Balaban J connectivity index is 2.38. The predicted molar refractivity (Wildman–Crippen MR) is 80.3 cm³/mol. The molecule has 3 rings (SSSR count). The highest BCUT2D eigenvalue weighted by molar-refractivity contribution is 6.35. The minimum atomic E-state index is 0.666. The van der Waals surface area contributed by atoms with Crippen molar-refractivity contribution in [3.63, 3.8) is 0 Å². The third-order valence-electron chi connectivity index (χ3n) is 3.50. The fraction of sp³-hybridized carbons (Fsp3) is 0.133. The average molecular weight is 272 g/mol. The third-order valence-corrected chi connectivity index (χ3v) is 3.80. The lowest BCUT2D eigenvalue weighted by Crippen LogP contribution is -1.92. The van der Waals surface area contributed by atoms with Crippen molar-refractivity contribution in [1.82, 2.24) is 9.55 Å². The van der Waals surface area contributed by atoms with Crippen molar-refractivity contribution >= 4 is 28.2 Å². The van der Waals surface area contributed by atoms with Gasteiger partial charge in [-0.05, 0) is 25.1 Å². The van der Waals surface area contributed by atoms with E-state index in [1.54, 1.807) is 6.20 Å². The van der Waals surface area contributed by atoms with E-state index < -0.39 is 0 Å². The molecule has 96 valence electrons. The van der Waals surface area contributed by atoms with Crippen molar-refractivity contribution in [3.8, 4) is 11.3 Å². The molecule has 0 saturated carbocycles. The van der Waals surface area contributed by atoms with Gasteiger partial charge in [0.05, 0.1) is 28.1 Å². The average Bonchev–Trinajstić information content (AvgIpc) is 2.65. The van der Waals surface area contributed by atoms with Crippen molar-refractivity contribution in [2.45, 2.75) is 6.92 Å². The molecule has 3 nitrogen and oxygen atoms in total. The van der Waals surface area contributed by atoms with Crippen molar-refractivity contribution in [2.75, 3.05) is 5.73 Å². The van der Waals surface area contributed by atoms with E-state index >= 15 is 0 Å². The normalized spacial score (nSPS) is 11.1. The molecule has 0 fully saturated rings. The Morgan fingerprint density at radius 3 is 2.68 bits per heavy atom. The first-order chi connectivity index (χ1) is 9.09. The first kappa shape index (κ1) is 12.1. The van der Waals surface area contributed by atoms with Gasteiger partial charge in [-0.3, -0.25) is 4.98 Å². The summed E-state index contributed by atoms with van der Waals surface area (Å²) in [5.41, 5.74) is 10.6. The number of anilines is 1. The van der Waals surface area contributed by atoms with E-state index in [0.29, 0.717) is 5.69 Å². The van der Waals surface area contributed by atoms with E-state index in [9.17, 15) is 0 Å². The van der Waals surface area contributed by atoms with Gasteiger partial charge in [0, 0.05) is 23.7 Å². The first-order valence-corrected chi connectivity index (χ1v) is 6.43. The maximum atomic E-state index is 6.30. The Bertz CT molecular complexity index is 757. The topological polar surface area (TPSA) is 43.8 Å². The van der Waals surface area contributed by atoms with Crippen LogP contribution in [0, 0.1) is 6.92 Å². The van der Waals surface area contributed by atoms with Crippen molar-refractivity contribution in [1.29, 1.82) is 0 Å². The number of benzene rings is 1.